The van der Waals surface area contributed by atoms with Crippen molar-refractivity contribution in [1.29, 1.82) is 0 Å². The molecular formula is C11H16N2O6S2. The van der Waals surface area contributed by atoms with Crippen LogP contribution in [0.3, 0.4) is 0 Å². The van der Waals surface area contributed by atoms with E-state index in [4.69, 9.17) is 9.84 Å². The number of aromatic carboxylic acids is 1. The van der Waals surface area contributed by atoms with Crippen molar-refractivity contribution in [2.45, 2.75) is 4.90 Å². The molecule has 0 radical (unpaired) electrons. The van der Waals surface area contributed by atoms with E-state index in [2.05, 4.69) is 5.32 Å². The first kappa shape index (κ1) is 17.6. The molecule has 0 aliphatic rings. The van der Waals surface area contributed by atoms with Gasteiger partial charge in [-0.3, -0.25) is 4.79 Å². The molecule has 0 aliphatic heterocycles. The van der Waals surface area contributed by atoms with Gasteiger partial charge in [0.1, 0.15) is 9.77 Å². The zero-order chi connectivity index (χ0) is 16.0. The Morgan fingerprint density at radius 3 is 2.71 bits per heavy atom. The van der Waals surface area contributed by atoms with Crippen molar-refractivity contribution in [1.82, 2.24) is 9.62 Å². The molecule has 0 unspecified atom stereocenters. The highest BCUT2D eigenvalue weighted by molar-refractivity contribution is 7.89. The van der Waals surface area contributed by atoms with Crippen molar-refractivity contribution < 1.29 is 27.9 Å². The summed E-state index contributed by atoms with van der Waals surface area (Å²) in [6, 6.07) is 1.21. The number of hydrogen-bond acceptors (Lipinski definition) is 6. The maximum absolute atomic E-state index is 12.2. The largest absolute Gasteiger partial charge is 0.477 e. The van der Waals surface area contributed by atoms with Crippen LogP contribution in [0, 0.1) is 0 Å². The Morgan fingerprint density at radius 2 is 2.14 bits per heavy atom. The molecule has 0 aromatic carbocycles. The van der Waals surface area contributed by atoms with E-state index < -0.39 is 28.4 Å². The lowest BCUT2D eigenvalue weighted by molar-refractivity contribution is -0.121. The Morgan fingerprint density at radius 1 is 1.48 bits per heavy atom. The number of sulfonamides is 1. The van der Waals surface area contributed by atoms with Gasteiger partial charge in [-0.15, -0.1) is 11.3 Å². The Balaban J connectivity index is 2.80. The van der Waals surface area contributed by atoms with Gasteiger partial charge in [0.05, 0.1) is 13.2 Å². The lowest BCUT2D eigenvalue weighted by Gasteiger charge is -2.16. The van der Waals surface area contributed by atoms with E-state index in [-0.39, 0.29) is 16.3 Å². The molecule has 0 aliphatic carbocycles. The molecule has 1 rings (SSSR count). The number of carboxylic acids is 1. The van der Waals surface area contributed by atoms with Crippen LogP contribution in [-0.2, 0) is 19.6 Å². The summed E-state index contributed by atoms with van der Waals surface area (Å²) in [7, 11) is -1.33. The number of thiophene rings is 1. The lowest BCUT2D eigenvalue weighted by atomic mass is 10.5. The average molecular weight is 336 g/mol. The van der Waals surface area contributed by atoms with Crippen LogP contribution in [0.2, 0.25) is 0 Å². The standard InChI is InChI=1S/C11H16N2O6S2/c1-13(7-9(14)12-4-5-19-2)21(17,18)8-3-6-20-10(8)11(15)16/h3,6H,4-5,7H2,1-2H3,(H,12,14)(H,15,16). The molecule has 0 saturated carbocycles. The van der Waals surface area contributed by atoms with Crippen molar-refractivity contribution in [3.05, 3.63) is 16.3 Å². The Labute approximate surface area is 126 Å². The third-order valence-corrected chi connectivity index (χ3v) is 5.38. The Kier molecular flexibility index (Phi) is 6.27. The number of carboxylic acid groups (broad SMARTS) is 1. The van der Waals surface area contributed by atoms with Gasteiger partial charge in [-0.05, 0) is 11.4 Å². The van der Waals surface area contributed by atoms with Gasteiger partial charge in [0.25, 0.3) is 0 Å². The highest BCUT2D eigenvalue weighted by Gasteiger charge is 2.28. The zero-order valence-electron chi connectivity index (χ0n) is 11.5. The van der Waals surface area contributed by atoms with E-state index in [9.17, 15) is 18.0 Å². The summed E-state index contributed by atoms with van der Waals surface area (Å²) in [5, 5.41) is 12.8. The van der Waals surface area contributed by atoms with Crippen LogP contribution in [-0.4, -0.2) is 63.6 Å². The average Bonchev–Trinajstić information content (AvgIpc) is 2.88. The number of nitrogens with one attached hydrogen (secondary N) is 1. The highest BCUT2D eigenvalue weighted by atomic mass is 32.2. The van der Waals surface area contributed by atoms with Crippen LogP contribution in [0.5, 0.6) is 0 Å². The molecule has 0 saturated heterocycles. The van der Waals surface area contributed by atoms with Gasteiger partial charge in [0.2, 0.25) is 15.9 Å². The SMILES string of the molecule is COCCNC(=O)CN(C)S(=O)(=O)c1ccsc1C(=O)O. The molecule has 1 heterocycles. The predicted molar refractivity (Wildman–Crippen MR) is 76.0 cm³/mol. The maximum atomic E-state index is 12.2. The van der Waals surface area contributed by atoms with Crippen molar-refractivity contribution in [3.8, 4) is 0 Å². The predicted octanol–water partition coefficient (Wildman–Crippen LogP) is -0.171. The van der Waals surface area contributed by atoms with Gasteiger partial charge in [-0.2, -0.15) is 4.31 Å². The molecule has 21 heavy (non-hydrogen) atoms. The number of carbonyl (C=O) groups is 2. The van der Waals surface area contributed by atoms with E-state index >= 15 is 0 Å². The number of amides is 1. The molecule has 1 aromatic heterocycles. The normalized spacial score (nSPS) is 11.6. The number of likely N-dealkylation sites (N-methyl/N-ethyl adjacent to an activating group) is 1. The number of rotatable bonds is 8. The number of nitrogens with zero attached hydrogens (tertiary/aromatic N) is 1. The second-order valence-electron chi connectivity index (χ2n) is 4.02. The van der Waals surface area contributed by atoms with Crippen molar-refractivity contribution in [2.24, 2.45) is 0 Å². The van der Waals surface area contributed by atoms with Crippen molar-refractivity contribution in [3.63, 3.8) is 0 Å². The fourth-order valence-corrected chi connectivity index (χ4v) is 3.82. The molecule has 118 valence electrons. The number of ether oxygens (including phenoxy) is 1. The summed E-state index contributed by atoms with van der Waals surface area (Å²) in [5.74, 6) is -1.81. The second-order valence-corrected chi connectivity index (χ2v) is 6.95. The molecule has 8 nitrogen and oxygen atoms in total. The van der Waals surface area contributed by atoms with Crippen molar-refractivity contribution in [2.75, 3.05) is 33.9 Å². The van der Waals surface area contributed by atoms with Gasteiger partial charge in [0, 0.05) is 20.7 Å². The third-order valence-electron chi connectivity index (χ3n) is 2.51. The minimum absolute atomic E-state index is 0.266. The van der Waals surface area contributed by atoms with Crippen LogP contribution in [0.25, 0.3) is 0 Å². The van der Waals surface area contributed by atoms with E-state index in [1.54, 1.807) is 0 Å². The third kappa shape index (κ3) is 4.49. The minimum atomic E-state index is -4.03. The monoisotopic (exact) mass is 336 g/mol. The van der Waals surface area contributed by atoms with E-state index in [0.717, 1.165) is 15.6 Å². The van der Waals surface area contributed by atoms with E-state index in [1.807, 2.05) is 0 Å². The molecule has 0 atom stereocenters. The Hall–Kier alpha value is -1.49. The number of carbonyl (C=O) groups excluding carboxylic acids is 1. The molecule has 1 aromatic rings. The Bertz CT molecular complexity index is 610. The van der Waals surface area contributed by atoms with Crippen LogP contribution in [0.15, 0.2) is 16.3 Å². The summed E-state index contributed by atoms with van der Waals surface area (Å²) in [6.07, 6.45) is 0. The van der Waals surface area contributed by atoms with Crippen LogP contribution in [0.1, 0.15) is 9.67 Å². The molecule has 0 fully saturated rings. The fraction of sp³-hybridized carbons (Fsp3) is 0.455. The first-order valence-electron chi connectivity index (χ1n) is 5.83. The number of methoxy groups -OCH3 is 1. The van der Waals surface area contributed by atoms with Crippen molar-refractivity contribution >= 4 is 33.2 Å². The highest BCUT2D eigenvalue weighted by Crippen LogP contribution is 2.24. The molecule has 10 heteroatoms. The van der Waals surface area contributed by atoms with Crippen LogP contribution < -0.4 is 5.32 Å². The molecule has 0 bridgehead atoms. The van der Waals surface area contributed by atoms with Gasteiger partial charge in [-0.25, -0.2) is 13.2 Å². The first-order valence-corrected chi connectivity index (χ1v) is 8.15. The van der Waals surface area contributed by atoms with Gasteiger partial charge < -0.3 is 15.2 Å². The molecule has 1 amide bonds. The first-order chi connectivity index (χ1) is 9.80. The second kappa shape index (κ2) is 7.50. The quantitative estimate of drug-likeness (QED) is 0.637. The topological polar surface area (TPSA) is 113 Å². The fourth-order valence-electron chi connectivity index (χ4n) is 1.46. The molecule has 0 spiro atoms. The van der Waals surface area contributed by atoms with Gasteiger partial charge >= 0.3 is 5.97 Å². The summed E-state index contributed by atoms with van der Waals surface area (Å²) >= 11 is 0.815. The van der Waals surface area contributed by atoms with Crippen LogP contribution in [0.4, 0.5) is 0 Å². The summed E-state index contributed by atoms with van der Waals surface area (Å²) in [4.78, 5) is 22.0. The maximum Gasteiger partial charge on any atom is 0.347 e. The lowest BCUT2D eigenvalue weighted by Crippen LogP contribution is -2.39. The smallest absolute Gasteiger partial charge is 0.347 e. The summed E-state index contributed by atoms with van der Waals surface area (Å²) < 4.78 is 30.1. The zero-order valence-corrected chi connectivity index (χ0v) is 13.2. The van der Waals surface area contributed by atoms with Crippen LogP contribution >= 0.6 is 11.3 Å². The van der Waals surface area contributed by atoms with E-state index in [0.29, 0.717) is 6.61 Å². The molecular weight excluding hydrogens is 320 g/mol. The molecule has 2 N–H and O–H groups in total. The van der Waals surface area contributed by atoms with Gasteiger partial charge in [0.15, 0.2) is 0 Å². The summed E-state index contributed by atoms with van der Waals surface area (Å²) in [5.41, 5.74) is 0. The summed E-state index contributed by atoms with van der Waals surface area (Å²) in [6.45, 7) is 0.179. The van der Waals surface area contributed by atoms with E-state index in [1.165, 1.54) is 25.6 Å². The minimum Gasteiger partial charge on any atom is -0.477 e. The van der Waals surface area contributed by atoms with Gasteiger partial charge in [-0.1, -0.05) is 0 Å². The number of hydrogen-bond donors (Lipinski definition) is 2.